The molecule has 0 aliphatic heterocycles. The lowest BCUT2D eigenvalue weighted by Crippen LogP contribution is -2.18. The van der Waals surface area contributed by atoms with Crippen LogP contribution < -0.4 is 5.73 Å². The average molecular weight is 195 g/mol. The molecule has 1 aromatic rings. The van der Waals surface area contributed by atoms with Crippen molar-refractivity contribution in [1.29, 1.82) is 0 Å². The molecule has 1 aromatic heterocycles. The largest absolute Gasteiger partial charge is 0.387 e. The molecule has 1 rings (SSSR count). The third-order valence-electron chi connectivity index (χ3n) is 2.19. The topological polar surface area (TPSA) is 64.4 Å². The first-order valence-electron chi connectivity index (χ1n) is 4.74. The van der Waals surface area contributed by atoms with E-state index in [-0.39, 0.29) is 5.92 Å². The average Bonchev–Trinajstić information content (AvgIpc) is 2.43. The van der Waals surface area contributed by atoms with Crippen molar-refractivity contribution in [2.75, 3.05) is 0 Å². The highest BCUT2D eigenvalue weighted by Crippen LogP contribution is 2.13. The fourth-order valence-electron chi connectivity index (χ4n) is 1.08. The van der Waals surface area contributed by atoms with E-state index >= 15 is 0 Å². The van der Waals surface area contributed by atoms with Gasteiger partial charge in [-0.2, -0.15) is 0 Å². The number of aliphatic imine (C=N–C) groups is 1. The van der Waals surface area contributed by atoms with Gasteiger partial charge in [0.25, 0.3) is 0 Å². The second-order valence-corrected chi connectivity index (χ2v) is 3.70. The summed E-state index contributed by atoms with van der Waals surface area (Å²) in [6.45, 7) is 8.40. The van der Waals surface area contributed by atoms with E-state index in [0.29, 0.717) is 12.4 Å². The Morgan fingerprint density at radius 2 is 2.14 bits per heavy atom. The van der Waals surface area contributed by atoms with Crippen LogP contribution in [0.15, 0.2) is 9.52 Å². The third kappa shape index (κ3) is 2.34. The zero-order valence-corrected chi connectivity index (χ0v) is 9.16. The molecule has 4 heteroatoms. The van der Waals surface area contributed by atoms with Gasteiger partial charge in [-0.15, -0.1) is 0 Å². The Hall–Kier alpha value is -1.32. The Bertz CT molecular complexity index is 320. The van der Waals surface area contributed by atoms with E-state index in [9.17, 15) is 0 Å². The summed E-state index contributed by atoms with van der Waals surface area (Å²) in [6, 6.07) is 0. The van der Waals surface area contributed by atoms with Crippen LogP contribution in [0, 0.1) is 19.8 Å². The van der Waals surface area contributed by atoms with Crippen LogP contribution >= 0.6 is 0 Å². The minimum atomic E-state index is 0.287. The van der Waals surface area contributed by atoms with Crippen molar-refractivity contribution in [3.05, 3.63) is 17.0 Å². The van der Waals surface area contributed by atoms with Gasteiger partial charge in [-0.3, -0.25) is 4.99 Å². The fourth-order valence-corrected chi connectivity index (χ4v) is 1.08. The van der Waals surface area contributed by atoms with Gasteiger partial charge in [0.2, 0.25) is 0 Å². The Morgan fingerprint density at radius 1 is 1.50 bits per heavy atom. The smallest absolute Gasteiger partial charge is 0.138 e. The normalized spacial score (nSPS) is 12.5. The Balaban J connectivity index is 2.75. The fraction of sp³-hybridized carbons (Fsp3) is 0.600. The molecule has 0 saturated heterocycles. The van der Waals surface area contributed by atoms with Gasteiger partial charge < -0.3 is 10.3 Å². The van der Waals surface area contributed by atoms with E-state index in [0.717, 1.165) is 17.0 Å². The number of aryl methyl sites for hydroxylation is 2. The van der Waals surface area contributed by atoms with Crippen molar-refractivity contribution in [3.8, 4) is 0 Å². The van der Waals surface area contributed by atoms with Crippen molar-refractivity contribution in [3.63, 3.8) is 0 Å². The first-order valence-corrected chi connectivity index (χ1v) is 4.74. The maximum Gasteiger partial charge on any atom is 0.138 e. The van der Waals surface area contributed by atoms with Crippen molar-refractivity contribution in [2.24, 2.45) is 16.6 Å². The third-order valence-corrected chi connectivity index (χ3v) is 2.19. The Morgan fingerprint density at radius 3 is 2.57 bits per heavy atom. The quantitative estimate of drug-likeness (QED) is 0.591. The number of nitrogens with zero attached hydrogens (tertiary/aromatic N) is 2. The summed E-state index contributed by atoms with van der Waals surface area (Å²) >= 11 is 0. The molecule has 0 bridgehead atoms. The predicted octanol–water partition coefficient (Wildman–Crippen LogP) is 1.80. The first kappa shape index (κ1) is 10.8. The molecule has 0 radical (unpaired) electrons. The lowest BCUT2D eigenvalue weighted by molar-refractivity contribution is 0.392. The Kier molecular flexibility index (Phi) is 3.28. The molecule has 78 valence electrons. The van der Waals surface area contributed by atoms with E-state index in [1.54, 1.807) is 0 Å². The van der Waals surface area contributed by atoms with E-state index in [1.807, 2.05) is 27.7 Å². The van der Waals surface area contributed by atoms with E-state index in [4.69, 9.17) is 10.3 Å². The van der Waals surface area contributed by atoms with Crippen molar-refractivity contribution >= 4 is 5.84 Å². The van der Waals surface area contributed by atoms with E-state index in [2.05, 4.69) is 10.1 Å². The Labute approximate surface area is 84.2 Å². The minimum Gasteiger partial charge on any atom is -0.387 e. The van der Waals surface area contributed by atoms with Crippen LogP contribution in [-0.2, 0) is 6.54 Å². The predicted molar refractivity (Wildman–Crippen MR) is 56.1 cm³/mol. The molecule has 0 atom stereocenters. The number of hydrogen-bond acceptors (Lipinski definition) is 3. The molecule has 0 aromatic carbocycles. The summed E-state index contributed by atoms with van der Waals surface area (Å²) in [4.78, 5) is 4.28. The standard InChI is InChI=1S/C10H17N3O/c1-6(2)10(11)12-5-9-7(3)13-14-8(9)4/h6H,5H2,1-4H3,(H2,11,12). The number of rotatable bonds is 3. The maximum atomic E-state index is 5.73. The van der Waals surface area contributed by atoms with Crippen LogP contribution in [0.2, 0.25) is 0 Å². The van der Waals surface area contributed by atoms with E-state index < -0.39 is 0 Å². The molecular formula is C10H17N3O. The molecule has 0 unspecified atom stereocenters. The molecule has 0 aliphatic rings. The molecule has 14 heavy (non-hydrogen) atoms. The van der Waals surface area contributed by atoms with Gasteiger partial charge in [0.15, 0.2) is 0 Å². The van der Waals surface area contributed by atoms with Crippen LogP contribution in [0.25, 0.3) is 0 Å². The van der Waals surface area contributed by atoms with Gasteiger partial charge in [-0.25, -0.2) is 0 Å². The van der Waals surface area contributed by atoms with Crippen LogP contribution in [0.1, 0.15) is 30.9 Å². The second-order valence-electron chi connectivity index (χ2n) is 3.70. The highest BCUT2D eigenvalue weighted by molar-refractivity contribution is 5.82. The minimum absolute atomic E-state index is 0.287. The lowest BCUT2D eigenvalue weighted by atomic mass is 10.2. The van der Waals surface area contributed by atoms with Gasteiger partial charge >= 0.3 is 0 Å². The molecule has 1 heterocycles. The molecule has 4 nitrogen and oxygen atoms in total. The molecule has 0 amide bonds. The van der Waals surface area contributed by atoms with Crippen molar-refractivity contribution < 1.29 is 4.52 Å². The molecule has 2 N–H and O–H groups in total. The maximum absolute atomic E-state index is 5.73. The van der Waals surface area contributed by atoms with E-state index in [1.165, 1.54) is 0 Å². The van der Waals surface area contributed by atoms with Crippen molar-refractivity contribution in [2.45, 2.75) is 34.2 Å². The molecule has 0 spiro atoms. The zero-order chi connectivity index (χ0) is 10.7. The van der Waals surface area contributed by atoms with Gasteiger partial charge in [0.1, 0.15) is 5.76 Å². The number of hydrogen-bond donors (Lipinski definition) is 1. The molecule has 0 saturated carbocycles. The van der Waals surface area contributed by atoms with Crippen LogP contribution in [0.4, 0.5) is 0 Å². The number of aromatic nitrogens is 1. The molecule has 0 aliphatic carbocycles. The highest BCUT2D eigenvalue weighted by Gasteiger charge is 2.08. The van der Waals surface area contributed by atoms with Crippen LogP contribution in [0.3, 0.4) is 0 Å². The van der Waals surface area contributed by atoms with Gasteiger partial charge in [-0.05, 0) is 13.8 Å². The van der Waals surface area contributed by atoms with Gasteiger partial charge in [-0.1, -0.05) is 19.0 Å². The molecule has 0 fully saturated rings. The number of amidine groups is 1. The first-order chi connectivity index (χ1) is 6.52. The summed E-state index contributed by atoms with van der Waals surface area (Å²) < 4.78 is 5.03. The highest BCUT2D eigenvalue weighted by atomic mass is 16.5. The second kappa shape index (κ2) is 4.26. The summed E-state index contributed by atoms with van der Waals surface area (Å²) in [6.07, 6.45) is 0. The van der Waals surface area contributed by atoms with Gasteiger partial charge in [0, 0.05) is 11.5 Å². The summed E-state index contributed by atoms with van der Waals surface area (Å²) in [5.41, 5.74) is 7.66. The summed E-state index contributed by atoms with van der Waals surface area (Å²) in [5, 5.41) is 3.85. The summed E-state index contributed by atoms with van der Waals surface area (Å²) in [7, 11) is 0. The lowest BCUT2D eigenvalue weighted by Gasteiger charge is -2.03. The SMILES string of the molecule is Cc1noc(C)c1CN=C(N)C(C)C. The monoisotopic (exact) mass is 195 g/mol. The molecular weight excluding hydrogens is 178 g/mol. The van der Waals surface area contributed by atoms with Gasteiger partial charge in [0.05, 0.1) is 18.1 Å². The van der Waals surface area contributed by atoms with Crippen LogP contribution in [0.5, 0.6) is 0 Å². The zero-order valence-electron chi connectivity index (χ0n) is 9.16. The summed E-state index contributed by atoms with van der Waals surface area (Å²) in [5.74, 6) is 1.78. The van der Waals surface area contributed by atoms with Crippen molar-refractivity contribution in [1.82, 2.24) is 5.16 Å². The number of nitrogens with two attached hydrogens (primary N) is 1. The van der Waals surface area contributed by atoms with Crippen LogP contribution in [-0.4, -0.2) is 11.0 Å².